The molecule has 0 saturated carbocycles. The molecule has 1 aliphatic rings. The van der Waals surface area contributed by atoms with Crippen molar-refractivity contribution in [2.24, 2.45) is 0 Å². The number of anilines is 2. The van der Waals surface area contributed by atoms with E-state index in [0.717, 1.165) is 57.8 Å². The summed E-state index contributed by atoms with van der Waals surface area (Å²) in [5, 5.41) is 14.0. The lowest BCUT2D eigenvalue weighted by atomic mass is 10.0. The molecule has 178 valence electrons. The molecule has 2 N–H and O–H groups in total. The highest BCUT2D eigenvalue weighted by molar-refractivity contribution is 5.94. The molecule has 0 unspecified atom stereocenters. The van der Waals surface area contributed by atoms with E-state index in [1.807, 2.05) is 36.5 Å². The molecule has 3 aromatic carbocycles. The number of likely N-dealkylation sites (tertiary alicyclic amines) is 1. The number of benzene rings is 3. The Hall–Kier alpha value is -4.23. The molecule has 4 heterocycles. The molecule has 6 aromatic rings. The molecule has 7 nitrogen and oxygen atoms in total. The van der Waals surface area contributed by atoms with E-state index in [0.29, 0.717) is 6.04 Å². The van der Waals surface area contributed by atoms with Crippen LogP contribution in [0.2, 0.25) is 0 Å². The third-order valence-electron chi connectivity index (χ3n) is 7.37. The first kappa shape index (κ1) is 21.1. The Morgan fingerprint density at radius 1 is 0.917 bits per heavy atom. The molecule has 3 aromatic heterocycles. The zero-order chi connectivity index (χ0) is 24.1. The fraction of sp³-hybridized carbons (Fsp3) is 0.207. The fourth-order valence-electron chi connectivity index (χ4n) is 5.34. The average Bonchev–Trinajstić information content (AvgIpc) is 3.55. The van der Waals surface area contributed by atoms with E-state index in [9.17, 15) is 0 Å². The molecular weight excluding hydrogens is 446 g/mol. The zero-order valence-electron chi connectivity index (χ0n) is 20.1. The number of hydrogen-bond donors (Lipinski definition) is 2. The number of fused-ring (bicyclic) bond motifs is 3. The van der Waals surface area contributed by atoms with Gasteiger partial charge < -0.3 is 14.8 Å². The van der Waals surface area contributed by atoms with Crippen molar-refractivity contribution < 1.29 is 0 Å². The van der Waals surface area contributed by atoms with Crippen molar-refractivity contribution in [1.82, 2.24) is 29.6 Å². The van der Waals surface area contributed by atoms with Crippen LogP contribution in [0.1, 0.15) is 18.9 Å². The van der Waals surface area contributed by atoms with Crippen molar-refractivity contribution in [2.45, 2.75) is 18.9 Å². The van der Waals surface area contributed by atoms with E-state index in [1.54, 1.807) is 0 Å². The van der Waals surface area contributed by atoms with Crippen LogP contribution in [0.25, 0.3) is 44.1 Å². The summed E-state index contributed by atoms with van der Waals surface area (Å²) in [4.78, 5) is 12.4. The molecule has 0 atom stereocenters. The molecule has 0 radical (unpaired) electrons. The Balaban J connectivity index is 1.31. The number of H-pyrrole nitrogens is 1. The first-order valence-electron chi connectivity index (χ1n) is 12.5. The van der Waals surface area contributed by atoms with Crippen molar-refractivity contribution in [2.75, 3.05) is 25.5 Å². The van der Waals surface area contributed by atoms with Crippen LogP contribution < -0.4 is 5.32 Å². The molecule has 0 aliphatic carbocycles. The lowest BCUT2D eigenvalue weighted by molar-refractivity contribution is 0.224. The number of rotatable bonds is 4. The van der Waals surface area contributed by atoms with Crippen molar-refractivity contribution in [1.29, 1.82) is 0 Å². The standard InChI is InChI=1S/C29H27N7/c1-35-13-11-23(12-14-35)36-15-10-19-6-7-20(17-27(19)36)28-32-26-5-3-2-4-24(26)29(33-28)31-22-8-9-25-21(16-22)18-30-34-25/h2-10,15-18,23H,11-14H2,1H3,(H,30,34)(H,31,32,33). The number of piperidine rings is 1. The highest BCUT2D eigenvalue weighted by Crippen LogP contribution is 2.32. The molecule has 0 spiro atoms. The van der Waals surface area contributed by atoms with Crippen LogP contribution in [0.15, 0.2) is 79.1 Å². The molecule has 0 bridgehead atoms. The fourth-order valence-corrected chi connectivity index (χ4v) is 5.34. The van der Waals surface area contributed by atoms with Crippen LogP contribution in [0.5, 0.6) is 0 Å². The highest BCUT2D eigenvalue weighted by Gasteiger charge is 2.20. The van der Waals surface area contributed by atoms with E-state index in [-0.39, 0.29) is 0 Å². The number of hydrogen-bond acceptors (Lipinski definition) is 5. The molecule has 0 amide bonds. The van der Waals surface area contributed by atoms with Crippen molar-refractivity contribution in [3.63, 3.8) is 0 Å². The Labute approximate surface area is 208 Å². The largest absolute Gasteiger partial charge is 0.344 e. The second-order valence-corrected chi connectivity index (χ2v) is 9.74. The third-order valence-corrected chi connectivity index (χ3v) is 7.37. The third kappa shape index (κ3) is 3.69. The zero-order valence-corrected chi connectivity index (χ0v) is 20.1. The van der Waals surface area contributed by atoms with Gasteiger partial charge in [0, 0.05) is 39.8 Å². The Morgan fingerprint density at radius 3 is 2.72 bits per heavy atom. The van der Waals surface area contributed by atoms with Gasteiger partial charge in [0.1, 0.15) is 5.82 Å². The maximum atomic E-state index is 5.02. The first-order valence-corrected chi connectivity index (χ1v) is 12.5. The summed E-state index contributed by atoms with van der Waals surface area (Å²) in [6, 6.07) is 23.6. The van der Waals surface area contributed by atoms with Gasteiger partial charge in [0.05, 0.1) is 17.2 Å². The van der Waals surface area contributed by atoms with Gasteiger partial charge in [0.25, 0.3) is 0 Å². The summed E-state index contributed by atoms with van der Waals surface area (Å²) < 4.78 is 2.45. The minimum atomic E-state index is 0.529. The number of para-hydroxylation sites is 1. The maximum Gasteiger partial charge on any atom is 0.162 e. The van der Waals surface area contributed by atoms with Crippen LogP contribution in [-0.4, -0.2) is 49.8 Å². The van der Waals surface area contributed by atoms with E-state index in [4.69, 9.17) is 9.97 Å². The van der Waals surface area contributed by atoms with Crippen LogP contribution >= 0.6 is 0 Å². The minimum absolute atomic E-state index is 0.529. The smallest absolute Gasteiger partial charge is 0.162 e. The molecule has 1 aliphatic heterocycles. The monoisotopic (exact) mass is 473 g/mol. The van der Waals surface area contributed by atoms with Crippen molar-refractivity contribution in [3.05, 3.63) is 79.1 Å². The lowest BCUT2D eigenvalue weighted by Crippen LogP contribution is -2.31. The minimum Gasteiger partial charge on any atom is -0.344 e. The van der Waals surface area contributed by atoms with Crippen LogP contribution in [0, 0.1) is 0 Å². The van der Waals surface area contributed by atoms with E-state index < -0.39 is 0 Å². The quantitative estimate of drug-likeness (QED) is 0.322. The molecule has 1 saturated heterocycles. The Kier molecular flexibility index (Phi) is 4.96. The summed E-state index contributed by atoms with van der Waals surface area (Å²) in [5.41, 5.74) is 5.16. The van der Waals surface area contributed by atoms with Crippen LogP contribution in [0.3, 0.4) is 0 Å². The summed E-state index contributed by atoms with van der Waals surface area (Å²) in [6.45, 7) is 2.27. The van der Waals surface area contributed by atoms with Gasteiger partial charge in [-0.1, -0.05) is 24.3 Å². The molecular formula is C29H27N7. The Bertz CT molecular complexity index is 1710. The maximum absolute atomic E-state index is 5.02. The van der Waals surface area contributed by atoms with Crippen LogP contribution in [0.4, 0.5) is 11.5 Å². The number of nitrogens with zero attached hydrogens (tertiary/aromatic N) is 5. The lowest BCUT2D eigenvalue weighted by Gasteiger charge is -2.30. The van der Waals surface area contributed by atoms with E-state index in [2.05, 4.69) is 74.6 Å². The van der Waals surface area contributed by atoms with E-state index >= 15 is 0 Å². The van der Waals surface area contributed by atoms with Gasteiger partial charge in [0.2, 0.25) is 0 Å². The molecule has 1 fully saturated rings. The van der Waals surface area contributed by atoms with Gasteiger partial charge in [-0.3, -0.25) is 5.10 Å². The second-order valence-electron chi connectivity index (χ2n) is 9.74. The van der Waals surface area contributed by atoms with Gasteiger partial charge >= 0.3 is 0 Å². The average molecular weight is 474 g/mol. The summed E-state index contributed by atoms with van der Waals surface area (Å²) in [5.74, 6) is 1.52. The van der Waals surface area contributed by atoms with Gasteiger partial charge in [-0.15, -0.1) is 0 Å². The number of aromatic amines is 1. The van der Waals surface area contributed by atoms with Gasteiger partial charge in [0.15, 0.2) is 5.82 Å². The molecule has 7 heteroatoms. The summed E-state index contributed by atoms with van der Waals surface area (Å²) in [6.07, 6.45) is 6.42. The van der Waals surface area contributed by atoms with Crippen molar-refractivity contribution in [3.8, 4) is 11.4 Å². The SMILES string of the molecule is CN1CCC(n2ccc3ccc(-c4nc(Nc5ccc6[nH]ncc6c5)c5ccccc5n4)cc32)CC1. The van der Waals surface area contributed by atoms with Gasteiger partial charge in [-0.25, -0.2) is 9.97 Å². The number of nitrogens with one attached hydrogen (secondary N) is 2. The number of aromatic nitrogens is 5. The van der Waals surface area contributed by atoms with Crippen molar-refractivity contribution >= 4 is 44.2 Å². The Morgan fingerprint density at radius 2 is 1.81 bits per heavy atom. The predicted octanol–water partition coefficient (Wildman–Crippen LogP) is 6.14. The van der Waals surface area contributed by atoms with Gasteiger partial charge in [-0.05, 0) is 80.8 Å². The summed E-state index contributed by atoms with van der Waals surface area (Å²) >= 11 is 0. The topological polar surface area (TPSA) is 74.7 Å². The predicted molar refractivity (Wildman–Crippen MR) is 146 cm³/mol. The molecule has 7 rings (SSSR count). The normalized spacial score (nSPS) is 15.2. The highest BCUT2D eigenvalue weighted by atomic mass is 15.1. The van der Waals surface area contributed by atoms with E-state index in [1.165, 1.54) is 23.7 Å². The molecule has 36 heavy (non-hydrogen) atoms. The second kappa shape index (κ2) is 8.46. The van der Waals surface area contributed by atoms with Gasteiger partial charge in [-0.2, -0.15) is 5.10 Å². The first-order chi connectivity index (χ1) is 17.7. The van der Waals surface area contributed by atoms with Crippen LogP contribution in [-0.2, 0) is 0 Å². The summed E-state index contributed by atoms with van der Waals surface area (Å²) in [7, 11) is 2.21.